The third kappa shape index (κ3) is 3.13. The van der Waals surface area contributed by atoms with Crippen molar-refractivity contribution in [3.8, 4) is 0 Å². The number of likely N-dealkylation sites (N-methyl/N-ethyl adjacent to an activating group) is 1. The van der Waals surface area contributed by atoms with Crippen molar-refractivity contribution in [1.29, 1.82) is 0 Å². The Labute approximate surface area is 109 Å². The number of H-pyrrole nitrogens is 1. The molecule has 1 aromatic rings. The van der Waals surface area contributed by atoms with Crippen LogP contribution in [-0.4, -0.2) is 12.0 Å². The van der Waals surface area contributed by atoms with Crippen LogP contribution in [0.4, 0.5) is 0 Å². The average molecular weight is 246 g/mol. The number of hydrogen-bond donors (Lipinski definition) is 2. The lowest BCUT2D eigenvalue weighted by molar-refractivity contribution is 0.560. The van der Waals surface area contributed by atoms with Gasteiger partial charge in [0.15, 0.2) is 0 Å². The molecule has 1 heterocycles. The normalized spacial score (nSPS) is 13.6. The van der Waals surface area contributed by atoms with Crippen LogP contribution in [0, 0.1) is 0 Å². The van der Waals surface area contributed by atoms with Crippen molar-refractivity contribution in [3.63, 3.8) is 0 Å². The smallest absolute Gasteiger partial charge is 0.248 e. The summed E-state index contributed by atoms with van der Waals surface area (Å²) in [6.07, 6.45) is 4.16. The summed E-state index contributed by atoms with van der Waals surface area (Å²) < 4.78 is 0. The summed E-state index contributed by atoms with van der Waals surface area (Å²) in [5.41, 5.74) is 2.82. The van der Waals surface area contributed by atoms with Crippen LogP contribution < -0.4 is 10.9 Å². The van der Waals surface area contributed by atoms with Crippen LogP contribution in [0.2, 0.25) is 0 Å². The maximum absolute atomic E-state index is 11.4. The monoisotopic (exact) mass is 246 g/mol. The Morgan fingerprint density at radius 2 is 2.06 bits per heavy atom. The van der Waals surface area contributed by atoms with Gasteiger partial charge in [-0.05, 0) is 39.8 Å². The molecule has 3 heteroatoms. The SMILES string of the molecule is C/C=C(C)\C=C(/NC)C(C)(C)c1cccc(=O)[nH]1. The zero-order valence-corrected chi connectivity index (χ0v) is 11.8. The summed E-state index contributed by atoms with van der Waals surface area (Å²) in [5, 5.41) is 3.22. The standard InChI is InChI=1S/C15H22N2O/c1-6-11(2)10-13(16-5)15(3,4)12-8-7-9-14(18)17-12/h6-10,16H,1-5H3,(H,17,18)/b11-6-,13-10-. The maximum Gasteiger partial charge on any atom is 0.248 e. The Balaban J connectivity index is 3.26. The van der Waals surface area contributed by atoms with Gasteiger partial charge in [0.2, 0.25) is 5.56 Å². The summed E-state index contributed by atoms with van der Waals surface area (Å²) in [7, 11) is 1.90. The van der Waals surface area contributed by atoms with E-state index in [0.29, 0.717) is 0 Å². The van der Waals surface area contributed by atoms with Crippen molar-refractivity contribution in [2.75, 3.05) is 7.05 Å². The number of allylic oxidation sites excluding steroid dienone is 4. The highest BCUT2D eigenvalue weighted by Crippen LogP contribution is 2.28. The van der Waals surface area contributed by atoms with E-state index in [1.165, 1.54) is 11.6 Å². The van der Waals surface area contributed by atoms with Gasteiger partial charge in [0, 0.05) is 29.9 Å². The molecular formula is C15H22N2O. The summed E-state index contributed by atoms with van der Waals surface area (Å²) in [5.74, 6) is 0. The topological polar surface area (TPSA) is 44.9 Å². The maximum atomic E-state index is 11.4. The molecule has 98 valence electrons. The van der Waals surface area contributed by atoms with Crippen LogP contribution in [0.25, 0.3) is 0 Å². The van der Waals surface area contributed by atoms with E-state index in [-0.39, 0.29) is 11.0 Å². The Bertz CT molecular complexity index is 521. The minimum absolute atomic E-state index is 0.0706. The molecule has 0 aromatic carbocycles. The van der Waals surface area contributed by atoms with Crippen molar-refractivity contribution >= 4 is 0 Å². The summed E-state index contributed by atoms with van der Waals surface area (Å²) >= 11 is 0. The molecule has 0 saturated heterocycles. The van der Waals surface area contributed by atoms with E-state index in [1.807, 2.05) is 20.0 Å². The van der Waals surface area contributed by atoms with Crippen molar-refractivity contribution in [1.82, 2.24) is 10.3 Å². The fraction of sp³-hybridized carbons (Fsp3) is 0.400. The molecule has 0 amide bonds. The van der Waals surface area contributed by atoms with Crippen molar-refractivity contribution in [3.05, 3.63) is 57.7 Å². The predicted octanol–water partition coefficient (Wildman–Crippen LogP) is 2.72. The quantitative estimate of drug-likeness (QED) is 0.802. The zero-order valence-electron chi connectivity index (χ0n) is 11.8. The highest BCUT2D eigenvalue weighted by molar-refractivity contribution is 5.33. The highest BCUT2D eigenvalue weighted by Gasteiger charge is 2.25. The van der Waals surface area contributed by atoms with Crippen molar-refractivity contribution < 1.29 is 0 Å². The second-order valence-electron chi connectivity index (χ2n) is 4.89. The number of aromatic amines is 1. The van der Waals surface area contributed by atoms with E-state index in [9.17, 15) is 4.79 Å². The Morgan fingerprint density at radius 1 is 1.39 bits per heavy atom. The van der Waals surface area contributed by atoms with E-state index in [2.05, 4.69) is 43.2 Å². The van der Waals surface area contributed by atoms with Crippen LogP contribution in [0.1, 0.15) is 33.4 Å². The van der Waals surface area contributed by atoms with Crippen LogP contribution in [0.5, 0.6) is 0 Å². The second kappa shape index (κ2) is 5.71. The van der Waals surface area contributed by atoms with Gasteiger partial charge in [0.25, 0.3) is 0 Å². The van der Waals surface area contributed by atoms with E-state index in [4.69, 9.17) is 0 Å². The van der Waals surface area contributed by atoms with E-state index >= 15 is 0 Å². The minimum atomic E-state index is -0.264. The minimum Gasteiger partial charge on any atom is -0.391 e. The van der Waals surface area contributed by atoms with Crippen LogP contribution in [0.3, 0.4) is 0 Å². The van der Waals surface area contributed by atoms with Gasteiger partial charge in [-0.3, -0.25) is 4.79 Å². The molecule has 0 unspecified atom stereocenters. The Hall–Kier alpha value is -1.77. The molecule has 0 bridgehead atoms. The van der Waals surface area contributed by atoms with Gasteiger partial charge in [-0.2, -0.15) is 0 Å². The fourth-order valence-electron chi connectivity index (χ4n) is 1.83. The number of hydrogen-bond acceptors (Lipinski definition) is 2. The number of aromatic nitrogens is 1. The first-order valence-corrected chi connectivity index (χ1v) is 6.14. The van der Waals surface area contributed by atoms with Gasteiger partial charge in [-0.1, -0.05) is 17.7 Å². The summed E-state index contributed by atoms with van der Waals surface area (Å²) in [6.45, 7) is 8.24. The molecule has 0 aliphatic carbocycles. The molecule has 0 saturated carbocycles. The van der Waals surface area contributed by atoms with E-state index < -0.39 is 0 Å². The first kappa shape index (κ1) is 14.3. The lowest BCUT2D eigenvalue weighted by Gasteiger charge is -2.28. The molecule has 0 atom stereocenters. The first-order chi connectivity index (χ1) is 8.41. The molecular weight excluding hydrogens is 224 g/mol. The predicted molar refractivity (Wildman–Crippen MR) is 76.7 cm³/mol. The summed E-state index contributed by atoms with van der Waals surface area (Å²) in [4.78, 5) is 14.3. The van der Waals surface area contributed by atoms with Gasteiger partial charge in [-0.15, -0.1) is 0 Å². The van der Waals surface area contributed by atoms with Crippen LogP contribution >= 0.6 is 0 Å². The zero-order chi connectivity index (χ0) is 13.8. The molecule has 1 rings (SSSR count). The molecule has 18 heavy (non-hydrogen) atoms. The molecule has 3 nitrogen and oxygen atoms in total. The Kier molecular flexibility index (Phi) is 4.54. The van der Waals surface area contributed by atoms with Crippen molar-refractivity contribution in [2.24, 2.45) is 0 Å². The second-order valence-corrected chi connectivity index (χ2v) is 4.89. The number of rotatable bonds is 4. The fourth-order valence-corrected chi connectivity index (χ4v) is 1.83. The van der Waals surface area contributed by atoms with Gasteiger partial charge < -0.3 is 10.3 Å². The van der Waals surface area contributed by atoms with E-state index in [0.717, 1.165) is 11.4 Å². The van der Waals surface area contributed by atoms with Gasteiger partial charge in [-0.25, -0.2) is 0 Å². The highest BCUT2D eigenvalue weighted by atomic mass is 16.1. The number of nitrogens with one attached hydrogen (secondary N) is 2. The summed E-state index contributed by atoms with van der Waals surface area (Å²) in [6, 6.07) is 5.25. The van der Waals surface area contributed by atoms with Crippen LogP contribution in [0.15, 0.2) is 46.4 Å². The first-order valence-electron chi connectivity index (χ1n) is 6.14. The molecule has 0 aliphatic heterocycles. The van der Waals surface area contributed by atoms with Crippen molar-refractivity contribution in [2.45, 2.75) is 33.1 Å². The third-order valence-corrected chi connectivity index (χ3v) is 3.21. The lowest BCUT2D eigenvalue weighted by atomic mass is 9.84. The van der Waals surface area contributed by atoms with Gasteiger partial charge in [0.05, 0.1) is 0 Å². The lowest BCUT2D eigenvalue weighted by Crippen LogP contribution is -2.31. The molecule has 1 aromatic heterocycles. The Morgan fingerprint density at radius 3 is 2.56 bits per heavy atom. The number of pyridine rings is 1. The molecule has 2 N–H and O–H groups in total. The molecule has 0 aliphatic rings. The van der Waals surface area contributed by atoms with Gasteiger partial charge in [0.1, 0.15) is 0 Å². The molecule has 0 fully saturated rings. The average Bonchev–Trinajstić information content (AvgIpc) is 2.35. The largest absolute Gasteiger partial charge is 0.391 e. The van der Waals surface area contributed by atoms with E-state index in [1.54, 1.807) is 6.07 Å². The molecule has 0 spiro atoms. The third-order valence-electron chi connectivity index (χ3n) is 3.21. The molecule has 0 radical (unpaired) electrons. The van der Waals surface area contributed by atoms with Gasteiger partial charge >= 0.3 is 0 Å². The van der Waals surface area contributed by atoms with Crippen LogP contribution in [-0.2, 0) is 5.41 Å².